The quantitative estimate of drug-likeness (QED) is 0.696. The Morgan fingerprint density at radius 3 is 2.65 bits per heavy atom. The van der Waals surface area contributed by atoms with Crippen LogP contribution in [0.25, 0.3) is 10.6 Å². The number of aromatic nitrogens is 3. The van der Waals surface area contributed by atoms with Crippen molar-refractivity contribution in [1.82, 2.24) is 19.9 Å². The van der Waals surface area contributed by atoms with Crippen LogP contribution in [0.4, 0.5) is 9.18 Å². The van der Waals surface area contributed by atoms with Crippen molar-refractivity contribution >= 4 is 29.0 Å². The number of halogens is 2. The summed E-state index contributed by atoms with van der Waals surface area (Å²) in [6.45, 7) is 6.79. The Morgan fingerprint density at radius 2 is 2.00 bits per heavy atom. The van der Waals surface area contributed by atoms with Gasteiger partial charge in [0, 0.05) is 25.2 Å². The molecule has 0 unspecified atom stereocenters. The average molecular weight is 399 g/mol. The first kappa shape index (κ1) is 19.0. The number of amides is 1. The molecule has 2 aromatic heterocycles. The van der Waals surface area contributed by atoms with Gasteiger partial charge in [-0.05, 0) is 45.2 Å². The number of thiazole rings is 1. The number of piperidine rings is 1. The summed E-state index contributed by atoms with van der Waals surface area (Å²) in [7, 11) is 0. The molecule has 1 aliphatic rings. The number of nitrogens with zero attached hydrogens (tertiary/aromatic N) is 4. The SMILES string of the molecule is CC(C)(C)OC(=O)N1CCC(c2ncc(-c3nc(Cl)ncc3F)s2)CC1. The molecule has 0 radical (unpaired) electrons. The number of ether oxygens (including phenoxy) is 1. The van der Waals surface area contributed by atoms with E-state index in [0.717, 1.165) is 24.0 Å². The molecule has 0 atom stereocenters. The molecule has 1 aliphatic heterocycles. The van der Waals surface area contributed by atoms with Crippen molar-refractivity contribution in [3.05, 3.63) is 28.5 Å². The minimum atomic E-state index is -0.524. The fraction of sp³-hybridized carbons (Fsp3) is 0.529. The second-order valence-electron chi connectivity index (χ2n) is 7.14. The van der Waals surface area contributed by atoms with Crippen molar-refractivity contribution in [2.75, 3.05) is 13.1 Å². The normalized spacial score (nSPS) is 16.0. The maximum absolute atomic E-state index is 13.9. The lowest BCUT2D eigenvalue weighted by molar-refractivity contribution is 0.0205. The van der Waals surface area contributed by atoms with Crippen molar-refractivity contribution in [1.29, 1.82) is 0 Å². The molecule has 0 bridgehead atoms. The Hall–Kier alpha value is -1.80. The molecule has 0 aromatic carbocycles. The van der Waals surface area contributed by atoms with Gasteiger partial charge in [0.25, 0.3) is 0 Å². The molecule has 26 heavy (non-hydrogen) atoms. The summed E-state index contributed by atoms with van der Waals surface area (Å²) in [5.41, 5.74) is -0.332. The number of rotatable bonds is 2. The van der Waals surface area contributed by atoms with Crippen LogP contribution < -0.4 is 0 Å². The predicted octanol–water partition coefficient (Wildman–Crippen LogP) is 4.51. The summed E-state index contributed by atoms with van der Waals surface area (Å²) in [5, 5.41) is 0.917. The van der Waals surface area contributed by atoms with Crippen LogP contribution in [0.5, 0.6) is 0 Å². The highest BCUT2D eigenvalue weighted by Gasteiger charge is 2.29. The molecule has 6 nitrogen and oxygen atoms in total. The molecule has 1 fully saturated rings. The molecule has 0 saturated carbocycles. The van der Waals surface area contributed by atoms with E-state index in [1.807, 2.05) is 20.8 Å². The van der Waals surface area contributed by atoms with Gasteiger partial charge in [0.2, 0.25) is 5.28 Å². The van der Waals surface area contributed by atoms with E-state index >= 15 is 0 Å². The molecular formula is C17H20ClFN4O2S. The highest BCUT2D eigenvalue weighted by Crippen LogP contribution is 2.35. The van der Waals surface area contributed by atoms with E-state index in [1.54, 1.807) is 11.1 Å². The van der Waals surface area contributed by atoms with E-state index in [0.29, 0.717) is 18.0 Å². The van der Waals surface area contributed by atoms with Crippen LogP contribution >= 0.6 is 22.9 Å². The van der Waals surface area contributed by atoms with Gasteiger partial charge in [-0.25, -0.2) is 24.1 Å². The van der Waals surface area contributed by atoms with Crippen molar-refractivity contribution in [2.45, 2.75) is 45.1 Å². The zero-order chi connectivity index (χ0) is 18.9. The minimum Gasteiger partial charge on any atom is -0.444 e. The van der Waals surface area contributed by atoms with Crippen molar-refractivity contribution < 1.29 is 13.9 Å². The van der Waals surface area contributed by atoms with Gasteiger partial charge in [-0.1, -0.05) is 0 Å². The van der Waals surface area contributed by atoms with Crippen LogP contribution in [0, 0.1) is 5.82 Å². The van der Waals surface area contributed by atoms with Crippen LogP contribution in [0.1, 0.15) is 44.5 Å². The van der Waals surface area contributed by atoms with Gasteiger partial charge in [0.05, 0.1) is 16.1 Å². The maximum atomic E-state index is 13.9. The monoisotopic (exact) mass is 398 g/mol. The fourth-order valence-corrected chi connectivity index (χ4v) is 3.95. The molecule has 0 spiro atoms. The molecule has 0 N–H and O–H groups in total. The first-order chi connectivity index (χ1) is 12.2. The highest BCUT2D eigenvalue weighted by atomic mass is 35.5. The van der Waals surface area contributed by atoms with Gasteiger partial charge < -0.3 is 9.64 Å². The lowest BCUT2D eigenvalue weighted by atomic mass is 9.98. The fourth-order valence-electron chi connectivity index (χ4n) is 2.74. The third kappa shape index (κ3) is 4.48. The topological polar surface area (TPSA) is 68.2 Å². The molecule has 3 rings (SSSR count). The zero-order valence-electron chi connectivity index (χ0n) is 14.8. The third-order valence-corrected chi connectivity index (χ3v) is 5.32. The number of hydrogen-bond donors (Lipinski definition) is 0. The summed E-state index contributed by atoms with van der Waals surface area (Å²) in [6.07, 6.45) is 3.97. The van der Waals surface area contributed by atoms with Crippen LogP contribution in [0.3, 0.4) is 0 Å². The van der Waals surface area contributed by atoms with Gasteiger partial charge in [-0.2, -0.15) is 0 Å². The summed E-state index contributed by atoms with van der Waals surface area (Å²) in [6, 6.07) is 0. The highest BCUT2D eigenvalue weighted by molar-refractivity contribution is 7.15. The predicted molar refractivity (Wildman–Crippen MR) is 97.9 cm³/mol. The molecule has 140 valence electrons. The van der Waals surface area contributed by atoms with Crippen LogP contribution in [0.2, 0.25) is 5.28 Å². The second kappa shape index (κ2) is 7.44. The standard InChI is InChI=1S/C17H20ClFN4O2S/c1-17(2,3)25-16(24)23-6-4-10(5-7-23)14-20-9-12(26-14)13-11(19)8-21-15(18)22-13/h8-10H,4-7H2,1-3H3. The van der Waals surface area contributed by atoms with E-state index in [4.69, 9.17) is 16.3 Å². The van der Waals surface area contributed by atoms with Crippen molar-refractivity contribution in [3.8, 4) is 10.6 Å². The van der Waals surface area contributed by atoms with Gasteiger partial charge >= 0.3 is 6.09 Å². The number of carbonyl (C=O) groups is 1. The smallest absolute Gasteiger partial charge is 0.410 e. The molecular weight excluding hydrogens is 379 g/mol. The van der Waals surface area contributed by atoms with Crippen LogP contribution in [0.15, 0.2) is 12.4 Å². The number of hydrogen-bond acceptors (Lipinski definition) is 6. The summed E-state index contributed by atoms with van der Waals surface area (Å²) < 4.78 is 19.3. The minimum absolute atomic E-state index is 0.00187. The number of carbonyl (C=O) groups excluding carboxylic acids is 1. The maximum Gasteiger partial charge on any atom is 0.410 e. The van der Waals surface area contributed by atoms with Crippen molar-refractivity contribution in [3.63, 3.8) is 0 Å². The lowest BCUT2D eigenvalue weighted by Gasteiger charge is -2.32. The number of likely N-dealkylation sites (tertiary alicyclic amines) is 1. The van der Waals surface area contributed by atoms with Gasteiger partial charge in [-0.3, -0.25) is 0 Å². The first-order valence-electron chi connectivity index (χ1n) is 8.35. The Bertz CT molecular complexity index is 800. The molecule has 9 heteroatoms. The molecule has 2 aromatic rings. The van der Waals surface area contributed by atoms with E-state index in [9.17, 15) is 9.18 Å². The van der Waals surface area contributed by atoms with Crippen molar-refractivity contribution in [2.24, 2.45) is 0 Å². The third-order valence-electron chi connectivity index (χ3n) is 3.97. The molecule has 0 aliphatic carbocycles. The molecule has 1 saturated heterocycles. The summed E-state index contributed by atoms with van der Waals surface area (Å²) in [4.78, 5) is 26.5. The lowest BCUT2D eigenvalue weighted by Crippen LogP contribution is -2.41. The largest absolute Gasteiger partial charge is 0.444 e. The summed E-state index contributed by atoms with van der Waals surface area (Å²) >= 11 is 7.16. The Kier molecular flexibility index (Phi) is 5.43. The van der Waals surface area contributed by atoms with Gasteiger partial charge in [0.1, 0.15) is 11.3 Å². The Balaban J connectivity index is 1.65. The van der Waals surface area contributed by atoms with Gasteiger partial charge in [-0.15, -0.1) is 11.3 Å². The second-order valence-corrected chi connectivity index (χ2v) is 8.54. The molecule has 1 amide bonds. The van der Waals surface area contributed by atoms with Crippen LogP contribution in [-0.4, -0.2) is 44.6 Å². The Labute approximate surface area is 160 Å². The van der Waals surface area contributed by atoms with Gasteiger partial charge in [0.15, 0.2) is 5.82 Å². The summed E-state index contributed by atoms with van der Waals surface area (Å²) in [5.74, 6) is -0.294. The van der Waals surface area contributed by atoms with E-state index in [2.05, 4.69) is 15.0 Å². The molecule has 3 heterocycles. The Morgan fingerprint density at radius 1 is 1.31 bits per heavy atom. The van der Waals surface area contributed by atoms with E-state index in [1.165, 1.54) is 11.3 Å². The van der Waals surface area contributed by atoms with Crippen LogP contribution in [-0.2, 0) is 4.74 Å². The average Bonchev–Trinajstić information content (AvgIpc) is 3.05. The zero-order valence-corrected chi connectivity index (χ0v) is 16.4. The van der Waals surface area contributed by atoms with E-state index in [-0.39, 0.29) is 23.0 Å². The van der Waals surface area contributed by atoms with E-state index < -0.39 is 11.4 Å². The first-order valence-corrected chi connectivity index (χ1v) is 9.54.